The highest BCUT2D eigenvalue weighted by molar-refractivity contribution is 7.09. The molecule has 0 saturated heterocycles. The summed E-state index contributed by atoms with van der Waals surface area (Å²) in [6, 6.07) is 16.6. The predicted octanol–water partition coefficient (Wildman–Crippen LogP) is 3.85. The fraction of sp³-hybridized carbons (Fsp3) is 0.222. The summed E-state index contributed by atoms with van der Waals surface area (Å²) >= 11 is 1.78. The number of nitrogens with zero attached hydrogens (tertiary/aromatic N) is 2. The van der Waals surface area contributed by atoms with Crippen LogP contribution in [0.2, 0.25) is 0 Å². The number of thiophene rings is 1. The average Bonchev–Trinajstić information content (AvgIpc) is 3.10. The first-order valence-electron chi connectivity index (χ1n) is 7.77. The highest BCUT2D eigenvalue weighted by atomic mass is 32.1. The first-order valence-corrected chi connectivity index (χ1v) is 8.65. The standard InChI is InChI=1S/C18H20N4S/c1-2-5-15(6-3-1)8-11-19-17-10-13-21-18(22-17)20-12-9-16-7-4-14-23-16/h1-7,10,13-14H,8-9,11-12H2,(H2,19,20,21,22). The molecular formula is C18H20N4S. The fourth-order valence-electron chi connectivity index (χ4n) is 2.27. The van der Waals surface area contributed by atoms with Crippen molar-refractivity contribution in [1.82, 2.24) is 9.97 Å². The van der Waals surface area contributed by atoms with Crippen molar-refractivity contribution in [3.63, 3.8) is 0 Å². The highest BCUT2D eigenvalue weighted by Crippen LogP contribution is 2.10. The number of rotatable bonds is 8. The van der Waals surface area contributed by atoms with Crippen LogP contribution in [0.1, 0.15) is 10.4 Å². The van der Waals surface area contributed by atoms with Gasteiger partial charge in [-0.15, -0.1) is 11.3 Å². The minimum atomic E-state index is 0.672. The topological polar surface area (TPSA) is 49.8 Å². The molecule has 23 heavy (non-hydrogen) atoms. The van der Waals surface area contributed by atoms with E-state index < -0.39 is 0 Å². The Morgan fingerprint density at radius 1 is 0.870 bits per heavy atom. The molecule has 0 bridgehead atoms. The Morgan fingerprint density at radius 2 is 1.74 bits per heavy atom. The molecule has 0 amide bonds. The Bertz CT molecular complexity index is 698. The summed E-state index contributed by atoms with van der Waals surface area (Å²) < 4.78 is 0. The molecular weight excluding hydrogens is 304 g/mol. The monoisotopic (exact) mass is 324 g/mol. The third-order valence-corrected chi connectivity index (χ3v) is 4.39. The number of nitrogens with one attached hydrogen (secondary N) is 2. The molecule has 0 aliphatic rings. The van der Waals surface area contributed by atoms with Gasteiger partial charge in [-0.3, -0.25) is 0 Å². The predicted molar refractivity (Wildman–Crippen MR) is 97.2 cm³/mol. The van der Waals surface area contributed by atoms with E-state index in [1.165, 1.54) is 10.4 Å². The van der Waals surface area contributed by atoms with Crippen LogP contribution in [0.25, 0.3) is 0 Å². The zero-order chi connectivity index (χ0) is 15.7. The van der Waals surface area contributed by atoms with Gasteiger partial charge < -0.3 is 10.6 Å². The van der Waals surface area contributed by atoms with Crippen LogP contribution in [0.15, 0.2) is 60.1 Å². The van der Waals surface area contributed by atoms with Crippen LogP contribution in [-0.2, 0) is 12.8 Å². The summed E-state index contributed by atoms with van der Waals surface area (Å²) in [5.41, 5.74) is 1.32. The van der Waals surface area contributed by atoms with Gasteiger partial charge in [-0.1, -0.05) is 36.4 Å². The zero-order valence-electron chi connectivity index (χ0n) is 12.9. The van der Waals surface area contributed by atoms with Crippen molar-refractivity contribution >= 4 is 23.1 Å². The molecule has 2 N–H and O–H groups in total. The molecule has 0 fully saturated rings. The minimum absolute atomic E-state index is 0.672. The van der Waals surface area contributed by atoms with Gasteiger partial charge in [-0.25, -0.2) is 4.98 Å². The Kier molecular flexibility index (Phi) is 5.58. The van der Waals surface area contributed by atoms with Crippen LogP contribution in [0.5, 0.6) is 0 Å². The largest absolute Gasteiger partial charge is 0.370 e. The van der Waals surface area contributed by atoms with Gasteiger partial charge in [0.1, 0.15) is 5.82 Å². The number of benzene rings is 1. The number of aromatic nitrogens is 2. The molecule has 0 aliphatic carbocycles. The van der Waals surface area contributed by atoms with Gasteiger partial charge in [0.25, 0.3) is 0 Å². The average molecular weight is 324 g/mol. The maximum Gasteiger partial charge on any atom is 0.224 e. The summed E-state index contributed by atoms with van der Waals surface area (Å²) in [6.07, 6.45) is 3.75. The second-order valence-electron chi connectivity index (χ2n) is 5.18. The molecule has 3 aromatic rings. The first kappa shape index (κ1) is 15.5. The van der Waals surface area contributed by atoms with Crippen molar-refractivity contribution in [1.29, 1.82) is 0 Å². The van der Waals surface area contributed by atoms with Gasteiger partial charge in [0.2, 0.25) is 5.95 Å². The van der Waals surface area contributed by atoms with Crippen molar-refractivity contribution < 1.29 is 0 Å². The third-order valence-electron chi connectivity index (χ3n) is 3.45. The molecule has 118 valence electrons. The Morgan fingerprint density at radius 3 is 2.57 bits per heavy atom. The lowest BCUT2D eigenvalue weighted by molar-refractivity contribution is 0.978. The maximum absolute atomic E-state index is 4.49. The summed E-state index contributed by atoms with van der Waals surface area (Å²) in [5, 5.41) is 8.72. The number of hydrogen-bond acceptors (Lipinski definition) is 5. The van der Waals surface area contributed by atoms with E-state index in [-0.39, 0.29) is 0 Å². The summed E-state index contributed by atoms with van der Waals surface area (Å²) in [5.74, 6) is 1.53. The molecule has 0 radical (unpaired) electrons. The minimum Gasteiger partial charge on any atom is -0.370 e. The van der Waals surface area contributed by atoms with Crippen molar-refractivity contribution in [2.24, 2.45) is 0 Å². The lowest BCUT2D eigenvalue weighted by Crippen LogP contribution is -2.10. The van der Waals surface area contributed by atoms with E-state index in [4.69, 9.17) is 0 Å². The van der Waals surface area contributed by atoms with E-state index >= 15 is 0 Å². The van der Waals surface area contributed by atoms with E-state index in [0.29, 0.717) is 5.95 Å². The summed E-state index contributed by atoms with van der Waals surface area (Å²) in [7, 11) is 0. The Labute approximate surface area is 140 Å². The van der Waals surface area contributed by atoms with Crippen LogP contribution in [-0.4, -0.2) is 23.1 Å². The molecule has 2 aromatic heterocycles. The summed E-state index contributed by atoms with van der Waals surface area (Å²) in [6.45, 7) is 1.70. The van der Waals surface area contributed by atoms with Gasteiger partial charge in [0.05, 0.1) is 0 Å². The third kappa shape index (κ3) is 5.07. The molecule has 0 unspecified atom stereocenters. The second kappa shape index (κ2) is 8.29. The molecule has 4 nitrogen and oxygen atoms in total. The highest BCUT2D eigenvalue weighted by Gasteiger charge is 2.00. The quantitative estimate of drug-likeness (QED) is 0.661. The van der Waals surface area contributed by atoms with Crippen molar-refractivity contribution in [2.75, 3.05) is 23.7 Å². The van der Waals surface area contributed by atoms with Crippen LogP contribution < -0.4 is 10.6 Å². The zero-order valence-corrected chi connectivity index (χ0v) is 13.7. The van der Waals surface area contributed by atoms with E-state index in [1.807, 2.05) is 12.1 Å². The van der Waals surface area contributed by atoms with Gasteiger partial charge >= 0.3 is 0 Å². The molecule has 2 heterocycles. The van der Waals surface area contributed by atoms with Crippen LogP contribution >= 0.6 is 11.3 Å². The molecule has 3 rings (SSSR count). The number of hydrogen-bond donors (Lipinski definition) is 2. The smallest absolute Gasteiger partial charge is 0.224 e. The lowest BCUT2D eigenvalue weighted by Gasteiger charge is -2.08. The molecule has 0 saturated carbocycles. The van der Waals surface area contributed by atoms with Gasteiger partial charge in [-0.05, 0) is 35.9 Å². The summed E-state index contributed by atoms with van der Waals surface area (Å²) in [4.78, 5) is 10.1. The fourth-order valence-corrected chi connectivity index (χ4v) is 2.98. The molecule has 1 aromatic carbocycles. The van der Waals surface area contributed by atoms with Crippen LogP contribution in [0.3, 0.4) is 0 Å². The van der Waals surface area contributed by atoms with Crippen molar-refractivity contribution in [3.05, 3.63) is 70.5 Å². The van der Waals surface area contributed by atoms with E-state index in [9.17, 15) is 0 Å². The van der Waals surface area contributed by atoms with Crippen molar-refractivity contribution in [2.45, 2.75) is 12.8 Å². The van der Waals surface area contributed by atoms with Crippen LogP contribution in [0, 0.1) is 0 Å². The van der Waals surface area contributed by atoms with Gasteiger partial charge in [0, 0.05) is 24.2 Å². The number of anilines is 2. The molecule has 0 aliphatic heterocycles. The van der Waals surface area contributed by atoms with Crippen LogP contribution in [0.4, 0.5) is 11.8 Å². The Balaban J connectivity index is 1.45. The normalized spacial score (nSPS) is 10.4. The van der Waals surface area contributed by atoms with Gasteiger partial charge in [-0.2, -0.15) is 4.98 Å². The van der Waals surface area contributed by atoms with E-state index in [1.54, 1.807) is 17.5 Å². The van der Waals surface area contributed by atoms with Gasteiger partial charge in [0.15, 0.2) is 0 Å². The Hall–Kier alpha value is -2.40. The molecule has 0 atom stereocenters. The lowest BCUT2D eigenvalue weighted by atomic mass is 10.1. The molecule has 0 spiro atoms. The SMILES string of the molecule is c1ccc(CCNc2ccnc(NCCc3cccs3)n2)cc1. The van der Waals surface area contributed by atoms with Crippen molar-refractivity contribution in [3.8, 4) is 0 Å². The van der Waals surface area contributed by atoms with E-state index in [2.05, 4.69) is 62.4 Å². The second-order valence-corrected chi connectivity index (χ2v) is 6.22. The first-order chi connectivity index (χ1) is 11.4. The molecule has 5 heteroatoms. The maximum atomic E-state index is 4.49. The van der Waals surface area contributed by atoms with E-state index in [0.717, 1.165) is 31.7 Å².